The van der Waals surface area contributed by atoms with Crippen LogP contribution in [0.4, 0.5) is 17.1 Å². The van der Waals surface area contributed by atoms with E-state index in [0.717, 1.165) is 6.41 Å². The number of hydrogen-bond donors (Lipinski definition) is 3. The van der Waals surface area contributed by atoms with Crippen LogP contribution in [0.15, 0.2) is 59.2 Å². The quantitative estimate of drug-likeness (QED) is 0.245. The molecule has 0 fully saturated rings. The number of nitrogens with one attached hydrogen (secondary N) is 3. The topological polar surface area (TPSA) is 166 Å². The zero-order valence-electron chi connectivity index (χ0n) is 23.5. The lowest BCUT2D eigenvalue weighted by Crippen LogP contribution is -2.30. The minimum atomic E-state index is -1.19. The molecule has 0 spiro atoms. The third-order valence-electron chi connectivity index (χ3n) is 5.07. The Kier molecular flexibility index (Phi) is 11.9. The van der Waals surface area contributed by atoms with Crippen molar-refractivity contribution in [2.24, 2.45) is 0 Å². The van der Waals surface area contributed by atoms with Crippen molar-refractivity contribution in [2.45, 2.75) is 20.0 Å². The number of rotatable bonds is 10. The number of methoxy groups -OCH3 is 2. The van der Waals surface area contributed by atoms with Crippen LogP contribution in [0, 0.1) is 0 Å². The van der Waals surface area contributed by atoms with E-state index in [0.29, 0.717) is 11.4 Å². The maximum atomic E-state index is 13.0. The smallest absolute Gasteiger partial charge is 0.341 e. The number of esters is 1. The number of ether oxygens (including phenoxy) is 3. The lowest BCUT2D eigenvalue weighted by molar-refractivity contribution is -0.123. The summed E-state index contributed by atoms with van der Waals surface area (Å²) in [6.45, 7) is 2.79. The van der Waals surface area contributed by atoms with Crippen molar-refractivity contribution in [3.63, 3.8) is 0 Å². The first-order valence-electron chi connectivity index (χ1n) is 12.1. The molecule has 3 N–H and O–H groups in total. The summed E-state index contributed by atoms with van der Waals surface area (Å²) in [5.74, 6) is -1.78. The second-order valence-electron chi connectivity index (χ2n) is 8.55. The van der Waals surface area contributed by atoms with Gasteiger partial charge >= 0.3 is 5.97 Å². The molecular weight excluding hydrogens is 536 g/mol. The van der Waals surface area contributed by atoms with Crippen LogP contribution in [-0.2, 0) is 19.1 Å². The average Bonchev–Trinajstić information content (AvgIpc) is 3.49. The van der Waals surface area contributed by atoms with Crippen LogP contribution in [0.1, 0.15) is 34.8 Å². The van der Waals surface area contributed by atoms with Crippen molar-refractivity contribution >= 4 is 47.2 Å². The minimum absolute atomic E-state index is 0.0290. The van der Waals surface area contributed by atoms with Gasteiger partial charge in [-0.05, 0) is 43.3 Å². The molecule has 0 bridgehead atoms. The zero-order chi connectivity index (χ0) is 30.5. The highest BCUT2D eigenvalue weighted by molar-refractivity contribution is 6.07. The molecule has 0 aliphatic carbocycles. The van der Waals surface area contributed by atoms with Crippen LogP contribution in [0.25, 0.3) is 0 Å². The van der Waals surface area contributed by atoms with Crippen LogP contribution in [0.3, 0.4) is 0 Å². The first-order valence-corrected chi connectivity index (χ1v) is 12.1. The summed E-state index contributed by atoms with van der Waals surface area (Å²) in [5.41, 5.74) is 1.01. The lowest BCUT2D eigenvalue weighted by atomic mass is 10.1. The molecule has 41 heavy (non-hydrogen) atoms. The van der Waals surface area contributed by atoms with E-state index in [4.69, 9.17) is 18.6 Å². The van der Waals surface area contributed by atoms with E-state index in [-0.39, 0.29) is 34.4 Å². The number of carbonyl (C=O) groups is 5. The number of carbonyl (C=O) groups excluding carboxylic acids is 5. The van der Waals surface area contributed by atoms with E-state index < -0.39 is 23.9 Å². The second-order valence-corrected chi connectivity index (χ2v) is 8.55. The molecule has 1 unspecified atom stereocenters. The summed E-state index contributed by atoms with van der Waals surface area (Å²) >= 11 is 0. The number of furan rings is 1. The van der Waals surface area contributed by atoms with Gasteiger partial charge in [0.15, 0.2) is 23.4 Å². The number of amides is 4. The largest absolute Gasteiger partial charge is 0.493 e. The van der Waals surface area contributed by atoms with Crippen molar-refractivity contribution in [1.82, 2.24) is 4.90 Å². The predicted molar refractivity (Wildman–Crippen MR) is 150 cm³/mol. The molecule has 1 aromatic heterocycles. The second kappa shape index (κ2) is 15.3. The molecule has 13 nitrogen and oxygen atoms in total. The number of anilines is 3. The molecule has 1 heterocycles. The molecule has 0 aliphatic heterocycles. The summed E-state index contributed by atoms with van der Waals surface area (Å²) in [6, 6.07) is 12.2. The van der Waals surface area contributed by atoms with Gasteiger partial charge in [0, 0.05) is 44.5 Å². The summed E-state index contributed by atoms with van der Waals surface area (Å²) in [5, 5.41) is 7.83. The molecule has 0 saturated heterocycles. The Bertz CT molecular complexity index is 1350. The van der Waals surface area contributed by atoms with Crippen molar-refractivity contribution in [2.75, 3.05) is 44.3 Å². The fourth-order valence-corrected chi connectivity index (χ4v) is 3.10. The van der Waals surface area contributed by atoms with Gasteiger partial charge in [-0.25, -0.2) is 4.79 Å². The Hall–Kier alpha value is -5.33. The highest BCUT2D eigenvalue weighted by Crippen LogP contribution is 2.34. The molecule has 218 valence electrons. The SMILES string of the molecule is CN(C)C=O.COc1cc(NC(=O)c2ccco2)c(C(=O)OC(C)C(=O)Nc2ccc(NC(C)=O)cc2)cc1OC. The Labute approximate surface area is 236 Å². The predicted octanol–water partition coefficient (Wildman–Crippen LogP) is 3.40. The van der Waals surface area contributed by atoms with E-state index >= 15 is 0 Å². The van der Waals surface area contributed by atoms with E-state index in [9.17, 15) is 24.0 Å². The molecule has 1 atom stereocenters. The molecular formula is C28H32N4O9. The third-order valence-corrected chi connectivity index (χ3v) is 5.07. The fraction of sp³-hybridized carbons (Fsp3) is 0.250. The van der Waals surface area contributed by atoms with Crippen molar-refractivity contribution < 1.29 is 42.6 Å². The first-order chi connectivity index (χ1) is 19.5. The van der Waals surface area contributed by atoms with Crippen molar-refractivity contribution in [1.29, 1.82) is 0 Å². The molecule has 4 amide bonds. The van der Waals surface area contributed by atoms with Crippen LogP contribution >= 0.6 is 0 Å². The highest BCUT2D eigenvalue weighted by Gasteiger charge is 2.25. The van der Waals surface area contributed by atoms with Gasteiger partial charge in [0.2, 0.25) is 12.3 Å². The van der Waals surface area contributed by atoms with E-state index in [1.807, 2.05) is 0 Å². The van der Waals surface area contributed by atoms with Gasteiger partial charge in [-0.15, -0.1) is 0 Å². The summed E-state index contributed by atoms with van der Waals surface area (Å²) < 4.78 is 21.0. The molecule has 0 aliphatic rings. The van der Waals surface area contributed by atoms with Gasteiger partial charge in [-0.3, -0.25) is 19.2 Å². The Morgan fingerprint density at radius 2 is 1.46 bits per heavy atom. The molecule has 0 saturated carbocycles. The van der Waals surface area contributed by atoms with Gasteiger partial charge in [0.1, 0.15) is 0 Å². The maximum absolute atomic E-state index is 13.0. The summed E-state index contributed by atoms with van der Waals surface area (Å²) in [4.78, 5) is 60.1. The summed E-state index contributed by atoms with van der Waals surface area (Å²) in [7, 11) is 6.17. The number of nitrogens with zero attached hydrogens (tertiary/aromatic N) is 1. The number of hydrogen-bond acceptors (Lipinski definition) is 9. The average molecular weight is 569 g/mol. The lowest BCUT2D eigenvalue weighted by Gasteiger charge is -2.17. The molecule has 3 aromatic rings. The standard InChI is InChI=1S/C25H25N3O8.C3H7NO/c1-14(23(30)27-17-9-7-16(8-10-17)26-15(2)29)36-25(32)18-12-21(33-3)22(34-4)13-19(18)28-24(31)20-6-5-11-35-20;1-4(2)3-5/h5-14H,1-4H3,(H,26,29)(H,27,30)(H,28,31);3H,1-2H3. The van der Waals surface area contributed by atoms with Gasteiger partial charge in [-0.2, -0.15) is 0 Å². The Morgan fingerprint density at radius 1 is 0.902 bits per heavy atom. The highest BCUT2D eigenvalue weighted by atomic mass is 16.5. The van der Waals surface area contributed by atoms with E-state index in [1.54, 1.807) is 44.4 Å². The molecule has 2 aromatic carbocycles. The van der Waals surface area contributed by atoms with Crippen molar-refractivity contribution in [3.8, 4) is 11.5 Å². The molecule has 13 heteroatoms. The monoisotopic (exact) mass is 568 g/mol. The first kappa shape index (κ1) is 31.9. The van der Waals surface area contributed by atoms with Gasteiger partial charge < -0.3 is 39.5 Å². The fourth-order valence-electron chi connectivity index (χ4n) is 3.10. The van der Waals surface area contributed by atoms with Gasteiger partial charge in [0.05, 0.1) is 31.7 Å². The van der Waals surface area contributed by atoms with Crippen LogP contribution in [-0.4, -0.2) is 69.4 Å². The van der Waals surface area contributed by atoms with E-state index in [1.165, 1.54) is 57.4 Å². The van der Waals surface area contributed by atoms with E-state index in [2.05, 4.69) is 16.0 Å². The zero-order valence-corrected chi connectivity index (χ0v) is 23.5. The van der Waals surface area contributed by atoms with Crippen molar-refractivity contribution in [3.05, 3.63) is 66.1 Å². The normalized spacial score (nSPS) is 10.6. The van der Waals surface area contributed by atoms with Crippen LogP contribution in [0.5, 0.6) is 11.5 Å². The van der Waals surface area contributed by atoms with Gasteiger partial charge in [-0.1, -0.05) is 0 Å². The molecule has 3 rings (SSSR count). The van der Waals surface area contributed by atoms with Crippen LogP contribution in [0.2, 0.25) is 0 Å². The van der Waals surface area contributed by atoms with Crippen LogP contribution < -0.4 is 25.4 Å². The summed E-state index contributed by atoms with van der Waals surface area (Å²) in [6.07, 6.45) is 0.904. The van der Waals surface area contributed by atoms with Gasteiger partial charge in [0.25, 0.3) is 11.8 Å². The number of benzene rings is 2. The molecule has 0 radical (unpaired) electrons. The Balaban J connectivity index is 0.00000108. The third kappa shape index (κ3) is 9.73. The minimum Gasteiger partial charge on any atom is -0.493 e. The Morgan fingerprint density at radius 3 is 1.95 bits per heavy atom. The maximum Gasteiger partial charge on any atom is 0.341 e.